The SMILES string of the molecule is NCCC(O)CNc1cc(Cl)ccc1Cl. The first kappa shape index (κ1) is 12.6. The number of anilines is 1. The third kappa shape index (κ3) is 4.26. The van der Waals surface area contributed by atoms with E-state index in [4.69, 9.17) is 28.9 Å². The van der Waals surface area contributed by atoms with Crippen LogP contribution in [0.1, 0.15) is 6.42 Å². The summed E-state index contributed by atoms with van der Waals surface area (Å²) in [6.45, 7) is 0.878. The zero-order chi connectivity index (χ0) is 11.3. The third-order valence-corrected chi connectivity index (χ3v) is 2.52. The molecule has 0 fully saturated rings. The fourth-order valence-electron chi connectivity index (χ4n) is 1.16. The molecular weight excluding hydrogens is 235 g/mol. The summed E-state index contributed by atoms with van der Waals surface area (Å²) in [5.74, 6) is 0. The first-order valence-corrected chi connectivity index (χ1v) is 5.46. The van der Waals surface area contributed by atoms with Crippen molar-refractivity contribution in [3.63, 3.8) is 0 Å². The topological polar surface area (TPSA) is 58.3 Å². The first-order chi connectivity index (χ1) is 7.13. The van der Waals surface area contributed by atoms with Gasteiger partial charge in [0.05, 0.1) is 16.8 Å². The van der Waals surface area contributed by atoms with E-state index in [2.05, 4.69) is 5.32 Å². The second-order valence-electron chi connectivity index (χ2n) is 3.24. The summed E-state index contributed by atoms with van der Waals surface area (Å²) in [6, 6.07) is 5.14. The van der Waals surface area contributed by atoms with E-state index in [0.717, 1.165) is 5.69 Å². The van der Waals surface area contributed by atoms with Gasteiger partial charge in [0, 0.05) is 11.6 Å². The molecular formula is C10H14Cl2N2O. The number of aliphatic hydroxyl groups excluding tert-OH is 1. The zero-order valence-corrected chi connectivity index (χ0v) is 9.72. The molecule has 15 heavy (non-hydrogen) atoms. The average Bonchev–Trinajstić information content (AvgIpc) is 2.20. The highest BCUT2D eigenvalue weighted by Gasteiger charge is 2.05. The highest BCUT2D eigenvalue weighted by atomic mass is 35.5. The van der Waals surface area contributed by atoms with Gasteiger partial charge in [-0.05, 0) is 31.2 Å². The van der Waals surface area contributed by atoms with Gasteiger partial charge in [-0.2, -0.15) is 0 Å². The number of nitrogens with one attached hydrogen (secondary N) is 1. The molecule has 1 unspecified atom stereocenters. The summed E-state index contributed by atoms with van der Waals surface area (Å²) in [4.78, 5) is 0. The molecule has 0 aliphatic rings. The number of hydrogen-bond donors (Lipinski definition) is 3. The van der Waals surface area contributed by atoms with E-state index in [1.807, 2.05) is 0 Å². The number of aliphatic hydroxyl groups is 1. The minimum absolute atomic E-state index is 0.414. The zero-order valence-electron chi connectivity index (χ0n) is 8.21. The minimum Gasteiger partial charge on any atom is -0.391 e. The van der Waals surface area contributed by atoms with Crippen LogP contribution in [0, 0.1) is 0 Å². The van der Waals surface area contributed by atoms with Crippen molar-refractivity contribution in [2.45, 2.75) is 12.5 Å². The predicted octanol–water partition coefficient (Wildman–Crippen LogP) is 2.11. The van der Waals surface area contributed by atoms with Crippen LogP contribution in [0.5, 0.6) is 0 Å². The predicted molar refractivity (Wildman–Crippen MR) is 64.6 cm³/mol. The van der Waals surface area contributed by atoms with Crippen molar-refractivity contribution in [3.05, 3.63) is 28.2 Å². The second-order valence-corrected chi connectivity index (χ2v) is 4.08. The molecule has 0 saturated heterocycles. The first-order valence-electron chi connectivity index (χ1n) is 4.70. The van der Waals surface area contributed by atoms with Crippen molar-refractivity contribution in [3.8, 4) is 0 Å². The molecule has 4 N–H and O–H groups in total. The van der Waals surface area contributed by atoms with E-state index in [9.17, 15) is 5.11 Å². The van der Waals surface area contributed by atoms with E-state index in [0.29, 0.717) is 29.6 Å². The maximum atomic E-state index is 9.45. The lowest BCUT2D eigenvalue weighted by Gasteiger charge is -2.12. The smallest absolute Gasteiger partial charge is 0.0724 e. The number of hydrogen-bond acceptors (Lipinski definition) is 3. The molecule has 0 bridgehead atoms. The van der Waals surface area contributed by atoms with Gasteiger partial charge in [0.1, 0.15) is 0 Å². The molecule has 1 rings (SSSR count). The van der Waals surface area contributed by atoms with Crippen LogP contribution in [0.4, 0.5) is 5.69 Å². The summed E-state index contributed by atoms with van der Waals surface area (Å²) in [5, 5.41) is 13.7. The number of rotatable bonds is 5. The van der Waals surface area contributed by atoms with E-state index < -0.39 is 6.10 Å². The molecule has 0 radical (unpaired) electrons. The molecule has 3 nitrogen and oxygen atoms in total. The number of benzene rings is 1. The summed E-state index contributed by atoms with van der Waals surface area (Å²) in [5.41, 5.74) is 6.04. The van der Waals surface area contributed by atoms with Crippen molar-refractivity contribution in [2.24, 2.45) is 5.73 Å². The molecule has 1 atom stereocenters. The van der Waals surface area contributed by atoms with E-state index >= 15 is 0 Å². The average molecular weight is 249 g/mol. The minimum atomic E-state index is -0.468. The van der Waals surface area contributed by atoms with Gasteiger partial charge >= 0.3 is 0 Å². The molecule has 1 aromatic carbocycles. The third-order valence-electron chi connectivity index (χ3n) is 1.96. The fourth-order valence-corrected chi connectivity index (χ4v) is 1.51. The lowest BCUT2D eigenvalue weighted by molar-refractivity contribution is 0.180. The maximum absolute atomic E-state index is 9.45. The Bertz CT molecular complexity index is 320. The van der Waals surface area contributed by atoms with Crippen LogP contribution >= 0.6 is 23.2 Å². The number of nitrogens with two attached hydrogens (primary N) is 1. The Morgan fingerprint density at radius 3 is 2.80 bits per heavy atom. The van der Waals surface area contributed by atoms with Crippen molar-refractivity contribution in [2.75, 3.05) is 18.4 Å². The molecule has 0 aliphatic heterocycles. The van der Waals surface area contributed by atoms with Crippen LogP contribution in [0.25, 0.3) is 0 Å². The van der Waals surface area contributed by atoms with Gasteiger partial charge < -0.3 is 16.2 Å². The summed E-state index contributed by atoms with van der Waals surface area (Å²) >= 11 is 11.7. The van der Waals surface area contributed by atoms with Crippen molar-refractivity contribution < 1.29 is 5.11 Å². The fraction of sp³-hybridized carbons (Fsp3) is 0.400. The lowest BCUT2D eigenvalue weighted by atomic mass is 10.2. The van der Waals surface area contributed by atoms with Crippen molar-refractivity contribution in [1.29, 1.82) is 0 Å². The molecule has 84 valence electrons. The lowest BCUT2D eigenvalue weighted by Crippen LogP contribution is -2.22. The molecule has 5 heteroatoms. The summed E-state index contributed by atoms with van der Waals surface area (Å²) in [7, 11) is 0. The molecule has 0 aromatic heterocycles. The maximum Gasteiger partial charge on any atom is 0.0724 e. The summed E-state index contributed by atoms with van der Waals surface area (Å²) < 4.78 is 0. The van der Waals surface area contributed by atoms with Crippen LogP contribution in [0.2, 0.25) is 10.0 Å². The Labute approximate surface area is 99.2 Å². The Morgan fingerprint density at radius 2 is 2.13 bits per heavy atom. The second kappa shape index (κ2) is 6.18. The quantitative estimate of drug-likeness (QED) is 0.749. The highest BCUT2D eigenvalue weighted by molar-refractivity contribution is 6.35. The van der Waals surface area contributed by atoms with Crippen LogP contribution in [-0.4, -0.2) is 24.3 Å². The Morgan fingerprint density at radius 1 is 1.40 bits per heavy atom. The van der Waals surface area contributed by atoms with E-state index in [1.54, 1.807) is 18.2 Å². The molecule has 0 saturated carbocycles. The van der Waals surface area contributed by atoms with Gasteiger partial charge in [-0.1, -0.05) is 23.2 Å². The van der Waals surface area contributed by atoms with Gasteiger partial charge in [0.25, 0.3) is 0 Å². The van der Waals surface area contributed by atoms with Gasteiger partial charge in [0.15, 0.2) is 0 Å². The Hall–Kier alpha value is -0.480. The van der Waals surface area contributed by atoms with Gasteiger partial charge in [-0.3, -0.25) is 0 Å². The molecule has 0 heterocycles. The van der Waals surface area contributed by atoms with Crippen LogP contribution in [0.3, 0.4) is 0 Å². The Kier molecular flexibility index (Phi) is 5.19. The molecule has 1 aromatic rings. The Balaban J connectivity index is 2.53. The highest BCUT2D eigenvalue weighted by Crippen LogP contribution is 2.25. The molecule has 0 amide bonds. The molecule has 0 aliphatic carbocycles. The van der Waals surface area contributed by atoms with Gasteiger partial charge in [-0.25, -0.2) is 0 Å². The summed E-state index contributed by atoms with van der Waals surface area (Å²) in [6.07, 6.45) is 0.0932. The van der Waals surface area contributed by atoms with Crippen molar-refractivity contribution >= 4 is 28.9 Å². The normalized spacial score (nSPS) is 12.5. The van der Waals surface area contributed by atoms with E-state index in [-0.39, 0.29) is 0 Å². The van der Waals surface area contributed by atoms with Crippen LogP contribution in [0.15, 0.2) is 18.2 Å². The van der Waals surface area contributed by atoms with Gasteiger partial charge in [0.2, 0.25) is 0 Å². The van der Waals surface area contributed by atoms with Gasteiger partial charge in [-0.15, -0.1) is 0 Å². The monoisotopic (exact) mass is 248 g/mol. The van der Waals surface area contributed by atoms with Crippen LogP contribution in [-0.2, 0) is 0 Å². The van der Waals surface area contributed by atoms with Crippen molar-refractivity contribution in [1.82, 2.24) is 0 Å². The van der Waals surface area contributed by atoms with E-state index in [1.165, 1.54) is 0 Å². The largest absolute Gasteiger partial charge is 0.391 e. The molecule has 0 spiro atoms. The van der Waals surface area contributed by atoms with Crippen LogP contribution < -0.4 is 11.1 Å². The number of halogens is 2. The standard InChI is InChI=1S/C10H14Cl2N2O/c11-7-1-2-9(12)10(5-7)14-6-8(15)3-4-13/h1-2,5,8,14-15H,3-4,6,13H2.